The monoisotopic (exact) mass is 1090 g/mol. The van der Waals surface area contributed by atoms with Gasteiger partial charge in [-0.15, -0.1) is 0 Å². The summed E-state index contributed by atoms with van der Waals surface area (Å²) in [5, 5.41) is 0. The van der Waals surface area contributed by atoms with Crippen molar-refractivity contribution in [1.29, 1.82) is 0 Å². The van der Waals surface area contributed by atoms with Crippen molar-refractivity contribution in [2.75, 3.05) is 47.5 Å². The third kappa shape index (κ3) is 61.4. The number of allylic oxidation sites excluding steroid dienone is 6. The molecule has 0 saturated carbocycles. The van der Waals surface area contributed by atoms with Crippen molar-refractivity contribution in [3.63, 3.8) is 0 Å². The number of phosphoric acid groups is 1. The van der Waals surface area contributed by atoms with Gasteiger partial charge in [0.1, 0.15) is 19.8 Å². The van der Waals surface area contributed by atoms with E-state index >= 15 is 0 Å². The molecule has 0 radical (unpaired) electrons. The molecule has 448 valence electrons. The van der Waals surface area contributed by atoms with Crippen LogP contribution in [-0.2, 0) is 32.7 Å². The van der Waals surface area contributed by atoms with Gasteiger partial charge in [-0.2, -0.15) is 0 Å². The molecule has 2 atom stereocenters. The van der Waals surface area contributed by atoms with E-state index in [-0.39, 0.29) is 32.0 Å². The Kier molecular flexibility index (Phi) is 56.6. The van der Waals surface area contributed by atoms with Crippen LogP contribution in [0.3, 0.4) is 0 Å². The molecular formula is C66H126NO8P. The number of nitrogens with zero attached hydrogens (tertiary/aromatic N) is 1. The summed E-state index contributed by atoms with van der Waals surface area (Å²) in [5.41, 5.74) is 0. The Balaban J connectivity index is 4.04. The maximum Gasteiger partial charge on any atom is 0.306 e. The van der Waals surface area contributed by atoms with Crippen LogP contribution in [0.15, 0.2) is 36.5 Å². The molecule has 9 nitrogen and oxygen atoms in total. The van der Waals surface area contributed by atoms with Crippen LogP contribution in [-0.4, -0.2) is 70.0 Å². The Bertz CT molecular complexity index is 1380. The quantitative estimate of drug-likeness (QED) is 0.0195. The van der Waals surface area contributed by atoms with Crippen LogP contribution in [0.2, 0.25) is 0 Å². The van der Waals surface area contributed by atoms with E-state index in [2.05, 4.69) is 50.3 Å². The van der Waals surface area contributed by atoms with E-state index < -0.39 is 26.5 Å². The first kappa shape index (κ1) is 74.2. The number of carbonyl (C=O) groups is 2. The minimum Gasteiger partial charge on any atom is -0.756 e. The summed E-state index contributed by atoms with van der Waals surface area (Å²) in [6.45, 7) is 4.29. The first-order chi connectivity index (χ1) is 37.0. The predicted octanol–water partition coefficient (Wildman–Crippen LogP) is 20.1. The fourth-order valence-electron chi connectivity index (χ4n) is 9.61. The average Bonchev–Trinajstić information content (AvgIpc) is 3.38. The molecule has 0 aliphatic carbocycles. The summed E-state index contributed by atoms with van der Waals surface area (Å²) in [4.78, 5) is 38.0. The molecule has 0 aliphatic heterocycles. The highest BCUT2D eigenvalue weighted by atomic mass is 31.2. The van der Waals surface area contributed by atoms with Gasteiger partial charge in [-0.05, 0) is 51.4 Å². The van der Waals surface area contributed by atoms with Crippen molar-refractivity contribution in [2.24, 2.45) is 0 Å². The SMILES string of the molecule is CCCCCCC/C=C\C/C=C\C/C=C\CCCCCCCCCCCCCCCCCCC(=O)OC(COC(=O)CCCCCCCCCCCCCCCCCCCCCCC)COP(=O)([O-])OCC[N+](C)(C)C. The Morgan fingerprint density at radius 1 is 0.408 bits per heavy atom. The second kappa shape index (κ2) is 57.9. The number of unbranched alkanes of at least 4 members (excludes halogenated alkanes) is 41. The summed E-state index contributed by atoms with van der Waals surface area (Å²) >= 11 is 0. The van der Waals surface area contributed by atoms with Crippen LogP contribution in [0, 0.1) is 0 Å². The Hall–Kier alpha value is -1.77. The second-order valence-electron chi connectivity index (χ2n) is 23.5. The van der Waals surface area contributed by atoms with E-state index in [0.717, 1.165) is 51.4 Å². The van der Waals surface area contributed by atoms with Crippen LogP contribution in [0.25, 0.3) is 0 Å². The zero-order valence-corrected chi connectivity index (χ0v) is 51.9. The zero-order chi connectivity index (χ0) is 55.6. The second-order valence-corrected chi connectivity index (χ2v) is 24.9. The first-order valence-corrected chi connectivity index (χ1v) is 34.2. The average molecular weight is 1090 g/mol. The number of quaternary nitrogens is 1. The van der Waals surface area contributed by atoms with Gasteiger partial charge >= 0.3 is 11.9 Å². The van der Waals surface area contributed by atoms with Crippen molar-refractivity contribution in [3.05, 3.63) is 36.5 Å². The molecule has 0 spiro atoms. The Morgan fingerprint density at radius 2 is 0.711 bits per heavy atom. The third-order valence-corrected chi connectivity index (χ3v) is 15.6. The molecular weight excluding hydrogens is 966 g/mol. The number of likely N-dealkylation sites (N-methyl/N-ethyl adjacent to an activating group) is 1. The number of hydrogen-bond donors (Lipinski definition) is 0. The highest BCUT2D eigenvalue weighted by Gasteiger charge is 2.22. The van der Waals surface area contributed by atoms with Crippen molar-refractivity contribution >= 4 is 19.8 Å². The standard InChI is InChI=1S/C66H126NO8P/c1-6-8-10-12-14-16-18-20-22-24-26-28-29-30-31-32-33-34-35-36-37-39-41-43-45-47-49-51-53-55-57-59-66(69)75-64(63-74-76(70,71)73-61-60-67(3,4)5)62-72-65(68)58-56-54-52-50-48-46-44-42-40-38-27-25-23-21-19-17-15-13-11-9-7-2/h18,20,24,26,29-30,64H,6-17,19,21-23,25,27-28,31-63H2,1-5H3/b20-18-,26-24-,30-29-. The van der Waals surface area contributed by atoms with Gasteiger partial charge in [0.05, 0.1) is 27.7 Å². The molecule has 2 unspecified atom stereocenters. The molecule has 0 bridgehead atoms. The van der Waals surface area contributed by atoms with Gasteiger partial charge in [-0.1, -0.05) is 294 Å². The van der Waals surface area contributed by atoms with E-state index in [1.54, 1.807) is 0 Å². The van der Waals surface area contributed by atoms with Crippen molar-refractivity contribution in [1.82, 2.24) is 0 Å². The number of esters is 2. The number of rotatable bonds is 61. The van der Waals surface area contributed by atoms with E-state index in [9.17, 15) is 19.0 Å². The van der Waals surface area contributed by atoms with Crippen LogP contribution in [0.1, 0.15) is 322 Å². The van der Waals surface area contributed by atoms with Gasteiger partial charge < -0.3 is 27.9 Å². The number of phosphoric ester groups is 1. The fourth-order valence-corrected chi connectivity index (χ4v) is 10.3. The summed E-state index contributed by atoms with van der Waals surface area (Å²) in [7, 11) is 1.18. The summed E-state index contributed by atoms with van der Waals surface area (Å²) in [5.74, 6) is -0.814. The molecule has 0 saturated heterocycles. The highest BCUT2D eigenvalue weighted by molar-refractivity contribution is 7.45. The molecule has 0 amide bonds. The van der Waals surface area contributed by atoms with Gasteiger partial charge in [0.25, 0.3) is 7.82 Å². The van der Waals surface area contributed by atoms with Gasteiger partial charge in [0.2, 0.25) is 0 Å². The molecule has 76 heavy (non-hydrogen) atoms. The highest BCUT2D eigenvalue weighted by Crippen LogP contribution is 2.38. The molecule has 0 fully saturated rings. The number of carbonyl (C=O) groups excluding carboxylic acids is 2. The first-order valence-electron chi connectivity index (χ1n) is 32.7. The Labute approximate surface area is 471 Å². The lowest BCUT2D eigenvalue weighted by atomic mass is 10.0. The molecule has 10 heteroatoms. The fraction of sp³-hybridized carbons (Fsp3) is 0.879. The van der Waals surface area contributed by atoms with Crippen LogP contribution in [0.5, 0.6) is 0 Å². The number of hydrogen-bond acceptors (Lipinski definition) is 8. The lowest BCUT2D eigenvalue weighted by Gasteiger charge is -2.28. The van der Waals surface area contributed by atoms with Crippen molar-refractivity contribution in [3.8, 4) is 0 Å². The van der Waals surface area contributed by atoms with Crippen LogP contribution < -0.4 is 4.89 Å². The largest absolute Gasteiger partial charge is 0.756 e. The summed E-state index contributed by atoms with van der Waals surface area (Å²) < 4.78 is 34.3. The molecule has 0 aliphatic rings. The maximum absolute atomic E-state index is 12.8. The minimum absolute atomic E-state index is 0.0282. The topological polar surface area (TPSA) is 111 Å². The van der Waals surface area contributed by atoms with Crippen molar-refractivity contribution < 1.29 is 42.1 Å². The Morgan fingerprint density at radius 3 is 1.05 bits per heavy atom. The molecule has 0 N–H and O–H groups in total. The van der Waals surface area contributed by atoms with E-state index in [4.69, 9.17) is 18.5 Å². The van der Waals surface area contributed by atoms with Crippen LogP contribution >= 0.6 is 7.82 Å². The predicted molar refractivity (Wildman–Crippen MR) is 324 cm³/mol. The molecule has 0 aromatic heterocycles. The van der Waals surface area contributed by atoms with Gasteiger partial charge in [-0.25, -0.2) is 0 Å². The van der Waals surface area contributed by atoms with Crippen LogP contribution in [0.4, 0.5) is 0 Å². The van der Waals surface area contributed by atoms with E-state index in [0.29, 0.717) is 17.4 Å². The van der Waals surface area contributed by atoms with Gasteiger partial charge in [0, 0.05) is 12.8 Å². The molecule has 0 aromatic carbocycles. The van der Waals surface area contributed by atoms with E-state index in [1.807, 2.05) is 21.1 Å². The third-order valence-electron chi connectivity index (χ3n) is 14.7. The normalized spacial score (nSPS) is 13.4. The van der Waals surface area contributed by atoms with Gasteiger partial charge in [-0.3, -0.25) is 14.2 Å². The zero-order valence-electron chi connectivity index (χ0n) is 51.0. The maximum atomic E-state index is 12.8. The molecule has 0 heterocycles. The smallest absolute Gasteiger partial charge is 0.306 e. The lowest BCUT2D eigenvalue weighted by molar-refractivity contribution is -0.870. The summed E-state index contributed by atoms with van der Waals surface area (Å²) in [6.07, 6.45) is 72.1. The molecule has 0 aromatic rings. The lowest BCUT2D eigenvalue weighted by Crippen LogP contribution is -2.37. The number of ether oxygens (including phenoxy) is 2. The molecule has 0 rings (SSSR count). The minimum atomic E-state index is -4.64. The van der Waals surface area contributed by atoms with E-state index in [1.165, 1.54) is 238 Å². The summed E-state index contributed by atoms with van der Waals surface area (Å²) in [6, 6.07) is 0. The van der Waals surface area contributed by atoms with Gasteiger partial charge in [0.15, 0.2) is 6.10 Å². The van der Waals surface area contributed by atoms with Crippen molar-refractivity contribution in [2.45, 2.75) is 328 Å².